The van der Waals surface area contributed by atoms with E-state index in [-0.39, 0.29) is 0 Å². The second kappa shape index (κ2) is 6.04. The molecule has 1 aromatic carbocycles. The molecule has 7 nitrogen and oxygen atoms in total. The SMILES string of the molecule is CC(C)N(c1ccccc1)S(=O)(=O)c1cn(C)c(=O)n(C)c1=O. The molecule has 0 bridgehead atoms. The summed E-state index contributed by atoms with van der Waals surface area (Å²) in [6, 6.07) is 8.14. The van der Waals surface area contributed by atoms with Gasteiger partial charge >= 0.3 is 5.69 Å². The summed E-state index contributed by atoms with van der Waals surface area (Å²) >= 11 is 0. The van der Waals surface area contributed by atoms with Crippen molar-refractivity contribution in [3.63, 3.8) is 0 Å². The third kappa shape index (κ3) is 2.94. The van der Waals surface area contributed by atoms with Crippen molar-refractivity contribution in [2.24, 2.45) is 14.1 Å². The normalized spacial score (nSPS) is 11.7. The van der Waals surface area contributed by atoms with Crippen molar-refractivity contribution < 1.29 is 8.42 Å². The Morgan fingerprint density at radius 3 is 2.13 bits per heavy atom. The Morgan fingerprint density at radius 1 is 1.04 bits per heavy atom. The molecule has 0 atom stereocenters. The molecule has 23 heavy (non-hydrogen) atoms. The van der Waals surface area contributed by atoms with Crippen LogP contribution in [0.5, 0.6) is 0 Å². The molecule has 0 amide bonds. The third-order valence-electron chi connectivity index (χ3n) is 3.43. The average Bonchev–Trinajstić information content (AvgIpc) is 2.49. The number of aryl methyl sites for hydroxylation is 1. The highest BCUT2D eigenvalue weighted by Crippen LogP contribution is 2.23. The van der Waals surface area contributed by atoms with Crippen LogP contribution in [0.25, 0.3) is 0 Å². The number of hydrogen-bond acceptors (Lipinski definition) is 4. The van der Waals surface area contributed by atoms with Gasteiger partial charge in [0.05, 0.1) is 5.69 Å². The van der Waals surface area contributed by atoms with Crippen LogP contribution in [0.3, 0.4) is 0 Å². The first kappa shape index (κ1) is 17.0. The predicted molar refractivity (Wildman–Crippen MR) is 88.2 cm³/mol. The number of aromatic nitrogens is 2. The first-order valence-electron chi connectivity index (χ1n) is 7.04. The van der Waals surface area contributed by atoms with Crippen molar-refractivity contribution in [1.29, 1.82) is 0 Å². The van der Waals surface area contributed by atoms with Crippen molar-refractivity contribution in [2.75, 3.05) is 4.31 Å². The van der Waals surface area contributed by atoms with Crippen LogP contribution in [0.15, 0.2) is 51.0 Å². The number of anilines is 1. The van der Waals surface area contributed by atoms with Crippen molar-refractivity contribution in [1.82, 2.24) is 9.13 Å². The summed E-state index contributed by atoms with van der Waals surface area (Å²) in [7, 11) is -1.44. The van der Waals surface area contributed by atoms with Gasteiger partial charge in [-0.25, -0.2) is 13.2 Å². The van der Waals surface area contributed by atoms with Crippen LogP contribution in [-0.2, 0) is 24.1 Å². The number of nitrogens with zero attached hydrogens (tertiary/aromatic N) is 3. The Bertz CT molecular complexity index is 927. The van der Waals surface area contributed by atoms with E-state index in [4.69, 9.17) is 0 Å². The van der Waals surface area contributed by atoms with E-state index in [0.29, 0.717) is 5.69 Å². The second-order valence-corrected chi connectivity index (χ2v) is 7.26. The Hall–Kier alpha value is -2.35. The van der Waals surface area contributed by atoms with Gasteiger partial charge in [0.25, 0.3) is 15.6 Å². The minimum atomic E-state index is -4.11. The molecule has 0 saturated heterocycles. The topological polar surface area (TPSA) is 81.4 Å². The van der Waals surface area contributed by atoms with Gasteiger partial charge in [-0.1, -0.05) is 18.2 Å². The highest BCUT2D eigenvalue weighted by Gasteiger charge is 2.31. The summed E-state index contributed by atoms with van der Waals surface area (Å²) in [5.41, 5.74) is -0.960. The lowest BCUT2D eigenvalue weighted by Gasteiger charge is -2.28. The van der Waals surface area contributed by atoms with Crippen LogP contribution in [0, 0.1) is 0 Å². The van der Waals surface area contributed by atoms with Gasteiger partial charge in [-0.15, -0.1) is 0 Å². The molecular weight excluding hydrogens is 318 g/mol. The van der Waals surface area contributed by atoms with Crippen molar-refractivity contribution >= 4 is 15.7 Å². The number of sulfonamides is 1. The molecule has 8 heteroatoms. The van der Waals surface area contributed by atoms with Gasteiger partial charge in [0.1, 0.15) is 0 Å². The van der Waals surface area contributed by atoms with Crippen LogP contribution in [0.1, 0.15) is 13.8 Å². The quantitative estimate of drug-likeness (QED) is 0.822. The molecule has 1 heterocycles. The van der Waals surface area contributed by atoms with E-state index in [1.54, 1.807) is 44.2 Å². The zero-order valence-corrected chi connectivity index (χ0v) is 14.2. The van der Waals surface area contributed by atoms with Crippen LogP contribution >= 0.6 is 0 Å². The summed E-state index contributed by atoms with van der Waals surface area (Å²) in [5, 5.41) is 0. The number of hydrogen-bond donors (Lipinski definition) is 0. The molecular formula is C15H19N3O4S. The number of benzene rings is 1. The highest BCUT2D eigenvalue weighted by atomic mass is 32.2. The van der Waals surface area contributed by atoms with E-state index in [1.165, 1.54) is 18.4 Å². The van der Waals surface area contributed by atoms with Gasteiger partial charge in [0.2, 0.25) is 0 Å². The van der Waals surface area contributed by atoms with Crippen LogP contribution in [0.4, 0.5) is 5.69 Å². The Labute approximate surface area is 134 Å². The van der Waals surface area contributed by atoms with Gasteiger partial charge < -0.3 is 4.57 Å². The fourth-order valence-corrected chi connectivity index (χ4v) is 4.16. The maximum Gasteiger partial charge on any atom is 0.330 e. The average molecular weight is 337 g/mol. The van der Waals surface area contributed by atoms with Gasteiger partial charge in [-0.2, -0.15) is 0 Å². The summed E-state index contributed by atoms with van der Waals surface area (Å²) in [4.78, 5) is 23.6. The molecule has 0 aliphatic rings. The smallest absolute Gasteiger partial charge is 0.302 e. The molecule has 0 aliphatic carbocycles. The largest absolute Gasteiger partial charge is 0.330 e. The minimum absolute atomic E-state index is 0.399. The van der Waals surface area contributed by atoms with E-state index < -0.39 is 32.2 Å². The molecule has 2 aromatic rings. The third-order valence-corrected chi connectivity index (χ3v) is 5.42. The van der Waals surface area contributed by atoms with Crippen molar-refractivity contribution in [3.8, 4) is 0 Å². The van der Waals surface area contributed by atoms with E-state index in [0.717, 1.165) is 15.3 Å². The van der Waals surface area contributed by atoms with Crippen molar-refractivity contribution in [3.05, 3.63) is 57.4 Å². The Balaban J connectivity index is 2.75. The summed E-state index contributed by atoms with van der Waals surface area (Å²) < 4.78 is 29.1. The van der Waals surface area contributed by atoms with E-state index >= 15 is 0 Å². The maximum absolute atomic E-state index is 13.0. The summed E-state index contributed by atoms with van der Waals surface area (Å²) in [6.07, 6.45) is 1.07. The van der Waals surface area contributed by atoms with Crippen LogP contribution in [0.2, 0.25) is 0 Å². The standard InChI is InChI=1S/C15H19N3O4S/c1-11(2)18(12-8-6-5-7-9-12)23(21,22)13-10-16(3)15(20)17(4)14(13)19/h5-11H,1-4H3. The summed E-state index contributed by atoms with van der Waals surface area (Å²) in [5.74, 6) is 0. The minimum Gasteiger partial charge on any atom is -0.302 e. The van der Waals surface area contributed by atoms with E-state index in [9.17, 15) is 18.0 Å². The lowest BCUT2D eigenvalue weighted by molar-refractivity contribution is 0.573. The lowest BCUT2D eigenvalue weighted by Crippen LogP contribution is -2.44. The Morgan fingerprint density at radius 2 is 1.61 bits per heavy atom. The molecule has 0 aliphatic heterocycles. The first-order valence-corrected chi connectivity index (χ1v) is 8.48. The molecule has 2 rings (SSSR count). The first-order chi connectivity index (χ1) is 10.7. The second-order valence-electron chi connectivity index (χ2n) is 5.48. The highest BCUT2D eigenvalue weighted by molar-refractivity contribution is 7.92. The maximum atomic E-state index is 13.0. The van der Waals surface area contributed by atoms with E-state index in [1.807, 2.05) is 0 Å². The molecule has 1 aromatic heterocycles. The zero-order valence-electron chi connectivity index (χ0n) is 13.4. The lowest BCUT2D eigenvalue weighted by atomic mass is 10.3. The van der Waals surface area contributed by atoms with E-state index in [2.05, 4.69) is 0 Å². The Kier molecular flexibility index (Phi) is 4.46. The molecule has 0 radical (unpaired) electrons. The van der Waals surface area contributed by atoms with Gasteiger partial charge in [0, 0.05) is 26.3 Å². The molecule has 0 unspecified atom stereocenters. The molecule has 0 N–H and O–H groups in total. The molecule has 0 fully saturated rings. The molecule has 0 spiro atoms. The fourth-order valence-electron chi connectivity index (χ4n) is 2.35. The van der Waals surface area contributed by atoms with Crippen LogP contribution < -0.4 is 15.6 Å². The fraction of sp³-hybridized carbons (Fsp3) is 0.333. The number of para-hydroxylation sites is 1. The summed E-state index contributed by atoms with van der Waals surface area (Å²) in [6.45, 7) is 3.44. The van der Waals surface area contributed by atoms with Crippen LogP contribution in [-0.4, -0.2) is 23.6 Å². The molecule has 0 saturated carbocycles. The van der Waals surface area contributed by atoms with Gasteiger partial charge in [0.15, 0.2) is 4.90 Å². The number of rotatable bonds is 4. The zero-order chi connectivity index (χ0) is 17.4. The van der Waals surface area contributed by atoms with Crippen molar-refractivity contribution in [2.45, 2.75) is 24.8 Å². The van der Waals surface area contributed by atoms with Gasteiger partial charge in [-0.3, -0.25) is 13.7 Å². The molecule has 124 valence electrons. The monoisotopic (exact) mass is 337 g/mol. The van der Waals surface area contributed by atoms with Gasteiger partial charge in [-0.05, 0) is 26.0 Å². The predicted octanol–water partition coefficient (Wildman–Crippen LogP) is 0.688.